The number of hydrogen-bond donors (Lipinski definition) is 0. The Morgan fingerprint density at radius 1 is 0.821 bits per heavy atom. The van der Waals surface area contributed by atoms with Crippen molar-refractivity contribution in [3.63, 3.8) is 0 Å². The number of benzene rings is 2. The van der Waals surface area contributed by atoms with Gasteiger partial charge in [-0.3, -0.25) is 0 Å². The summed E-state index contributed by atoms with van der Waals surface area (Å²) in [6.07, 6.45) is 10.6. The van der Waals surface area contributed by atoms with Gasteiger partial charge in [0.2, 0.25) is 0 Å². The molecule has 0 aliphatic carbocycles. The molecule has 5 nitrogen and oxygen atoms in total. The maximum atomic E-state index is 11.9. The zero-order valence-electron chi connectivity index (χ0n) is 14.9. The smallest absolute Gasteiger partial charge is 0.363 e. The zero-order valence-corrected chi connectivity index (χ0v) is 14.9. The number of carbonyl (C=O) groups is 1. The number of allylic oxidation sites excluding steroid dienone is 4. The van der Waals surface area contributed by atoms with Gasteiger partial charge in [-0.25, -0.2) is 4.79 Å². The molecule has 0 N–H and O–H groups in total. The molecule has 28 heavy (non-hydrogen) atoms. The molecule has 0 amide bonds. The van der Waals surface area contributed by atoms with E-state index in [-0.39, 0.29) is 0 Å². The number of oxime groups is 1. The molecule has 0 atom stereocenters. The highest BCUT2D eigenvalue weighted by molar-refractivity contribution is 6.28. The third kappa shape index (κ3) is 3.73. The molecule has 0 fully saturated rings. The van der Waals surface area contributed by atoms with Gasteiger partial charge in [0, 0.05) is 16.7 Å². The monoisotopic (exact) mass is 368 g/mol. The third-order valence-corrected chi connectivity index (χ3v) is 4.15. The summed E-state index contributed by atoms with van der Waals surface area (Å²) in [4.78, 5) is 16.8. The Labute approximate surface area is 161 Å². The average Bonchev–Trinajstić information content (AvgIpc) is 3.36. The van der Waals surface area contributed by atoms with Crippen LogP contribution in [-0.4, -0.2) is 16.8 Å². The summed E-state index contributed by atoms with van der Waals surface area (Å²) in [5.74, 6) is -0.460. The van der Waals surface area contributed by atoms with Gasteiger partial charge in [-0.15, -0.1) is 0 Å². The third-order valence-electron chi connectivity index (χ3n) is 4.15. The molecular weight excluding hydrogens is 352 g/mol. The Balaban J connectivity index is 1.49. The van der Waals surface area contributed by atoms with E-state index in [1.165, 1.54) is 0 Å². The predicted molar refractivity (Wildman–Crippen MR) is 107 cm³/mol. The van der Waals surface area contributed by atoms with Crippen LogP contribution in [0.1, 0.15) is 11.1 Å². The lowest BCUT2D eigenvalue weighted by atomic mass is 10.0. The van der Waals surface area contributed by atoms with Crippen molar-refractivity contribution < 1.29 is 14.2 Å². The molecule has 0 spiro atoms. The van der Waals surface area contributed by atoms with Crippen molar-refractivity contribution in [1.29, 1.82) is 0 Å². The van der Waals surface area contributed by atoms with Gasteiger partial charge in [-0.1, -0.05) is 89.2 Å². The number of carbonyl (C=O) groups excluding carboxylic acids is 1. The van der Waals surface area contributed by atoms with E-state index in [9.17, 15) is 4.79 Å². The van der Waals surface area contributed by atoms with Crippen molar-refractivity contribution in [3.8, 4) is 11.3 Å². The highest BCUT2D eigenvalue weighted by Crippen LogP contribution is 2.23. The van der Waals surface area contributed by atoms with Crippen LogP contribution in [0.15, 0.2) is 106 Å². The summed E-state index contributed by atoms with van der Waals surface area (Å²) in [5.41, 5.74) is 4.42. The fourth-order valence-electron chi connectivity index (χ4n) is 2.79. The SMILES string of the molecule is O=C1ON=C(c2ccccc2)/C1=C/C=C/C=C/c1conc1-c1ccccc1. The van der Waals surface area contributed by atoms with Crippen LogP contribution in [0.5, 0.6) is 0 Å². The molecule has 136 valence electrons. The number of hydrogen-bond acceptors (Lipinski definition) is 5. The van der Waals surface area contributed by atoms with Crippen molar-refractivity contribution in [2.45, 2.75) is 0 Å². The molecule has 2 heterocycles. The van der Waals surface area contributed by atoms with Crippen LogP contribution in [0.4, 0.5) is 0 Å². The summed E-state index contributed by atoms with van der Waals surface area (Å²) in [6, 6.07) is 19.3. The van der Waals surface area contributed by atoms with Crippen LogP contribution >= 0.6 is 0 Å². The zero-order chi connectivity index (χ0) is 19.2. The number of aromatic nitrogens is 1. The summed E-state index contributed by atoms with van der Waals surface area (Å²) >= 11 is 0. The molecule has 1 aromatic heterocycles. The fraction of sp³-hybridized carbons (Fsp3) is 0. The van der Waals surface area contributed by atoms with E-state index >= 15 is 0 Å². The van der Waals surface area contributed by atoms with Crippen molar-refractivity contribution >= 4 is 17.8 Å². The molecule has 2 aromatic carbocycles. The fourth-order valence-corrected chi connectivity index (χ4v) is 2.79. The molecular formula is C23H16N2O3. The van der Waals surface area contributed by atoms with Crippen molar-refractivity contribution in [1.82, 2.24) is 5.16 Å². The molecule has 5 heteroatoms. The Morgan fingerprint density at radius 3 is 2.29 bits per heavy atom. The molecule has 0 bridgehead atoms. The molecule has 3 aromatic rings. The highest BCUT2D eigenvalue weighted by atomic mass is 16.7. The standard InChI is InChI=1S/C23H16N2O3/c26-23-20(22(25-28-23)18-12-6-2-7-13-18)15-9-3-8-14-19-16-27-24-21(19)17-10-4-1-5-11-17/h1-16H/b9-3+,14-8+,20-15-. The van der Waals surface area contributed by atoms with Crippen LogP contribution in [-0.2, 0) is 9.63 Å². The first-order valence-electron chi connectivity index (χ1n) is 8.73. The van der Waals surface area contributed by atoms with Gasteiger partial charge in [0.1, 0.15) is 17.7 Å². The van der Waals surface area contributed by atoms with Crippen molar-refractivity contribution in [3.05, 3.63) is 108 Å². The summed E-state index contributed by atoms with van der Waals surface area (Å²) in [5, 5.41) is 7.94. The van der Waals surface area contributed by atoms with Crippen LogP contribution in [0, 0.1) is 0 Å². The second kappa shape index (κ2) is 8.14. The minimum Gasteiger partial charge on any atom is -0.363 e. The lowest BCUT2D eigenvalue weighted by Gasteiger charge is -1.98. The average molecular weight is 368 g/mol. The van der Waals surface area contributed by atoms with E-state index in [0.29, 0.717) is 11.3 Å². The molecule has 0 saturated carbocycles. The molecule has 0 radical (unpaired) electrons. The Kier molecular flexibility index (Phi) is 5.06. The second-order valence-corrected chi connectivity index (χ2v) is 5.99. The lowest BCUT2D eigenvalue weighted by molar-refractivity contribution is -0.136. The molecule has 4 rings (SSSR count). The minimum atomic E-state index is -0.460. The van der Waals surface area contributed by atoms with Crippen LogP contribution in [0.2, 0.25) is 0 Å². The van der Waals surface area contributed by atoms with E-state index in [1.807, 2.05) is 78.9 Å². The van der Waals surface area contributed by atoms with Crippen LogP contribution in [0.25, 0.3) is 17.3 Å². The van der Waals surface area contributed by atoms with Gasteiger partial charge in [0.25, 0.3) is 0 Å². The van der Waals surface area contributed by atoms with Crippen LogP contribution in [0.3, 0.4) is 0 Å². The minimum absolute atomic E-state index is 0.422. The quantitative estimate of drug-likeness (QED) is 0.369. The Morgan fingerprint density at radius 2 is 1.54 bits per heavy atom. The number of rotatable bonds is 5. The second-order valence-electron chi connectivity index (χ2n) is 5.99. The summed E-state index contributed by atoms with van der Waals surface area (Å²) < 4.78 is 5.10. The van der Waals surface area contributed by atoms with E-state index < -0.39 is 5.97 Å². The van der Waals surface area contributed by atoms with Gasteiger partial charge in [0.05, 0.1) is 5.57 Å². The van der Waals surface area contributed by atoms with Gasteiger partial charge in [-0.2, -0.15) is 0 Å². The first-order valence-corrected chi connectivity index (χ1v) is 8.73. The Bertz CT molecular complexity index is 1090. The topological polar surface area (TPSA) is 64.7 Å². The molecule has 0 saturated heterocycles. The Hall–Kier alpha value is -3.99. The molecule has 1 aliphatic rings. The summed E-state index contributed by atoms with van der Waals surface area (Å²) in [7, 11) is 0. The van der Waals surface area contributed by atoms with Crippen molar-refractivity contribution in [2.24, 2.45) is 5.16 Å². The normalized spacial score (nSPS) is 15.5. The lowest BCUT2D eigenvalue weighted by Crippen LogP contribution is -2.06. The summed E-state index contributed by atoms with van der Waals surface area (Å²) in [6.45, 7) is 0. The van der Waals surface area contributed by atoms with E-state index in [2.05, 4.69) is 10.3 Å². The van der Waals surface area contributed by atoms with Gasteiger partial charge < -0.3 is 9.36 Å². The van der Waals surface area contributed by atoms with Gasteiger partial charge in [-0.05, 0) is 12.2 Å². The van der Waals surface area contributed by atoms with Gasteiger partial charge in [0.15, 0.2) is 0 Å². The number of nitrogens with zero attached hydrogens (tertiary/aromatic N) is 2. The predicted octanol–water partition coefficient (Wildman–Crippen LogP) is 4.80. The van der Waals surface area contributed by atoms with Crippen molar-refractivity contribution in [2.75, 3.05) is 0 Å². The first-order chi connectivity index (χ1) is 13.8. The van der Waals surface area contributed by atoms with E-state index in [0.717, 1.165) is 22.4 Å². The largest absolute Gasteiger partial charge is 0.368 e. The van der Waals surface area contributed by atoms with Crippen LogP contribution < -0.4 is 0 Å². The van der Waals surface area contributed by atoms with E-state index in [1.54, 1.807) is 18.4 Å². The van der Waals surface area contributed by atoms with Gasteiger partial charge >= 0.3 is 5.97 Å². The first kappa shape index (κ1) is 17.4. The van der Waals surface area contributed by atoms with E-state index in [4.69, 9.17) is 9.36 Å². The highest BCUT2D eigenvalue weighted by Gasteiger charge is 2.25. The maximum absolute atomic E-state index is 11.9. The maximum Gasteiger partial charge on any atom is 0.368 e. The molecule has 1 aliphatic heterocycles. The molecule has 0 unspecified atom stereocenters.